The van der Waals surface area contributed by atoms with Crippen molar-refractivity contribution in [3.8, 4) is 5.69 Å². The van der Waals surface area contributed by atoms with Crippen LogP contribution in [-0.2, 0) is 14.3 Å². The molecule has 1 aromatic heterocycles. The Kier molecular flexibility index (Phi) is 7.56. The molecule has 2 aromatic rings. The number of nitrogens with one attached hydrogen (secondary N) is 2. The van der Waals surface area contributed by atoms with Gasteiger partial charge in [0, 0.05) is 5.02 Å². The minimum atomic E-state index is -0.590. The molecule has 168 valence electrons. The number of benzene rings is 1. The van der Waals surface area contributed by atoms with Crippen LogP contribution >= 0.6 is 23.2 Å². The van der Waals surface area contributed by atoms with E-state index < -0.39 is 11.6 Å². The minimum absolute atomic E-state index is 0.0549. The van der Waals surface area contributed by atoms with Crippen molar-refractivity contribution in [2.24, 2.45) is 5.92 Å². The monoisotopic (exact) mass is 467 g/mol. The van der Waals surface area contributed by atoms with E-state index in [0.29, 0.717) is 28.7 Å². The molecule has 0 saturated heterocycles. The van der Waals surface area contributed by atoms with Crippen molar-refractivity contribution in [2.45, 2.75) is 58.1 Å². The van der Waals surface area contributed by atoms with E-state index >= 15 is 0 Å². The third-order valence-electron chi connectivity index (χ3n) is 4.94. The molecule has 0 bridgehead atoms. The van der Waals surface area contributed by atoms with Crippen molar-refractivity contribution in [2.75, 3.05) is 11.9 Å². The summed E-state index contributed by atoms with van der Waals surface area (Å²) in [6.07, 6.45) is 5.55. The highest BCUT2D eigenvalue weighted by Gasteiger charge is 2.30. The Labute approximate surface area is 191 Å². The lowest BCUT2D eigenvalue weighted by molar-refractivity contribution is -0.158. The maximum atomic E-state index is 12.7. The molecule has 0 aliphatic heterocycles. The molecule has 10 heteroatoms. The fourth-order valence-corrected chi connectivity index (χ4v) is 3.58. The maximum absolute atomic E-state index is 12.7. The van der Waals surface area contributed by atoms with Gasteiger partial charge in [0.05, 0.1) is 24.1 Å². The summed E-state index contributed by atoms with van der Waals surface area (Å²) in [5.74, 6) is -0.186. The van der Waals surface area contributed by atoms with Gasteiger partial charge in [-0.3, -0.25) is 14.9 Å². The van der Waals surface area contributed by atoms with Crippen molar-refractivity contribution < 1.29 is 14.3 Å². The van der Waals surface area contributed by atoms with Crippen molar-refractivity contribution in [3.63, 3.8) is 0 Å². The third kappa shape index (κ3) is 6.92. The molecule has 3 rings (SSSR count). The average Bonchev–Trinajstić information content (AvgIpc) is 3.05. The zero-order valence-corrected chi connectivity index (χ0v) is 19.3. The molecule has 1 atom stereocenters. The number of hydrogen-bond acceptors (Lipinski definition) is 6. The van der Waals surface area contributed by atoms with E-state index in [1.165, 1.54) is 17.3 Å². The van der Waals surface area contributed by atoms with E-state index in [1.54, 1.807) is 18.2 Å². The van der Waals surface area contributed by atoms with Gasteiger partial charge in [0.25, 0.3) is 0 Å². The third-order valence-corrected chi connectivity index (χ3v) is 5.35. The fraction of sp³-hybridized carbons (Fsp3) is 0.524. The van der Waals surface area contributed by atoms with E-state index in [1.807, 2.05) is 20.8 Å². The highest BCUT2D eigenvalue weighted by atomic mass is 35.5. The summed E-state index contributed by atoms with van der Waals surface area (Å²) >= 11 is 12.0. The van der Waals surface area contributed by atoms with Gasteiger partial charge in [-0.2, -0.15) is 0 Å². The normalized spacial score (nSPS) is 15.3. The predicted molar refractivity (Wildman–Crippen MR) is 120 cm³/mol. The Morgan fingerprint density at radius 2 is 2.03 bits per heavy atom. The summed E-state index contributed by atoms with van der Waals surface area (Å²) < 4.78 is 6.98. The van der Waals surface area contributed by atoms with Crippen LogP contribution in [0, 0.1) is 5.92 Å². The molecule has 1 amide bonds. The molecule has 1 heterocycles. The molecule has 1 fully saturated rings. The van der Waals surface area contributed by atoms with Crippen LogP contribution in [0.25, 0.3) is 5.69 Å². The first kappa shape index (κ1) is 23.5. The Bertz CT molecular complexity index is 937. The van der Waals surface area contributed by atoms with Gasteiger partial charge < -0.3 is 10.1 Å². The smallest absolute Gasteiger partial charge is 0.323 e. The number of carbonyl (C=O) groups is 2. The maximum Gasteiger partial charge on any atom is 0.323 e. The summed E-state index contributed by atoms with van der Waals surface area (Å²) in [5.41, 5.74) is 0.428. The van der Waals surface area contributed by atoms with E-state index in [2.05, 4.69) is 20.9 Å². The lowest BCUT2D eigenvalue weighted by Crippen LogP contribution is -2.45. The first-order valence-electron chi connectivity index (χ1n) is 10.2. The second-order valence-corrected chi connectivity index (χ2v) is 9.52. The van der Waals surface area contributed by atoms with Gasteiger partial charge in [0.2, 0.25) is 5.91 Å². The van der Waals surface area contributed by atoms with Crippen LogP contribution in [0.4, 0.5) is 5.69 Å². The van der Waals surface area contributed by atoms with Gasteiger partial charge in [-0.25, -0.2) is 4.68 Å². The molecule has 1 saturated carbocycles. The van der Waals surface area contributed by atoms with Gasteiger partial charge in [-0.05, 0) is 51.3 Å². The van der Waals surface area contributed by atoms with Gasteiger partial charge in [-0.1, -0.05) is 47.7 Å². The van der Waals surface area contributed by atoms with Gasteiger partial charge in [0.15, 0.2) is 5.15 Å². The quantitative estimate of drug-likeness (QED) is 0.569. The molecule has 1 aliphatic carbocycles. The van der Waals surface area contributed by atoms with Gasteiger partial charge in [0.1, 0.15) is 11.6 Å². The van der Waals surface area contributed by atoms with E-state index in [4.69, 9.17) is 27.9 Å². The number of ether oxygens (including phenoxy) is 1. The van der Waals surface area contributed by atoms with Crippen LogP contribution in [0.1, 0.15) is 46.5 Å². The van der Waals surface area contributed by atoms with Crippen molar-refractivity contribution in [3.05, 3.63) is 34.6 Å². The summed E-state index contributed by atoms with van der Waals surface area (Å²) in [6.45, 7) is 5.43. The molecular weight excluding hydrogens is 441 g/mol. The number of nitrogens with zero attached hydrogens (tertiary/aromatic N) is 3. The van der Waals surface area contributed by atoms with Crippen LogP contribution < -0.4 is 10.6 Å². The topological polar surface area (TPSA) is 98.1 Å². The number of amides is 1. The van der Waals surface area contributed by atoms with Gasteiger partial charge >= 0.3 is 5.97 Å². The first-order valence-corrected chi connectivity index (χ1v) is 11.0. The SMILES string of the molecule is CC(C)(C)OC(=O)C(CC1CCC1)NCC(=O)Nc1cc(Cl)ccc1-n1cc(Cl)nn1. The van der Waals surface area contributed by atoms with Crippen molar-refractivity contribution >= 4 is 40.8 Å². The molecule has 2 N–H and O–H groups in total. The highest BCUT2D eigenvalue weighted by Crippen LogP contribution is 2.31. The largest absolute Gasteiger partial charge is 0.459 e. The molecule has 1 aromatic carbocycles. The molecular formula is C21H27Cl2N5O3. The van der Waals surface area contributed by atoms with Crippen LogP contribution in [-0.4, -0.2) is 45.1 Å². The first-order chi connectivity index (χ1) is 14.6. The Morgan fingerprint density at radius 1 is 1.29 bits per heavy atom. The predicted octanol–water partition coefficient (Wildman–Crippen LogP) is 4.00. The lowest BCUT2D eigenvalue weighted by Gasteiger charge is -2.31. The lowest BCUT2D eigenvalue weighted by atomic mass is 9.81. The van der Waals surface area contributed by atoms with Crippen molar-refractivity contribution in [1.29, 1.82) is 0 Å². The van der Waals surface area contributed by atoms with E-state index in [9.17, 15) is 9.59 Å². The number of esters is 1. The summed E-state index contributed by atoms with van der Waals surface area (Å²) in [7, 11) is 0. The molecule has 8 nitrogen and oxygen atoms in total. The summed E-state index contributed by atoms with van der Waals surface area (Å²) in [5, 5.41) is 14.2. The molecule has 0 radical (unpaired) electrons. The molecule has 31 heavy (non-hydrogen) atoms. The minimum Gasteiger partial charge on any atom is -0.459 e. The standard InChI is InChI=1S/C21H27Cl2N5O3/c1-21(2,3)31-20(30)16(9-13-5-4-6-13)24-11-19(29)25-15-10-14(22)7-8-17(15)28-12-18(23)26-27-28/h7-8,10,12-13,16,24H,4-6,9,11H2,1-3H3,(H,25,29). The van der Waals surface area contributed by atoms with Crippen LogP contribution in [0.15, 0.2) is 24.4 Å². The Hall–Kier alpha value is -2.16. The second-order valence-electron chi connectivity index (χ2n) is 8.70. The Balaban J connectivity index is 1.66. The van der Waals surface area contributed by atoms with Crippen LogP contribution in [0.5, 0.6) is 0 Å². The number of hydrogen-bond donors (Lipinski definition) is 2. The second kappa shape index (κ2) is 9.97. The molecule has 1 aliphatic rings. The summed E-state index contributed by atoms with van der Waals surface area (Å²) in [4.78, 5) is 25.3. The number of carbonyl (C=O) groups excluding carboxylic acids is 2. The zero-order valence-electron chi connectivity index (χ0n) is 17.8. The number of aromatic nitrogens is 3. The van der Waals surface area contributed by atoms with Crippen LogP contribution in [0.2, 0.25) is 10.2 Å². The highest BCUT2D eigenvalue weighted by molar-refractivity contribution is 6.31. The van der Waals surface area contributed by atoms with Gasteiger partial charge in [-0.15, -0.1) is 5.10 Å². The molecule has 1 unspecified atom stereocenters. The Morgan fingerprint density at radius 3 is 2.61 bits per heavy atom. The average molecular weight is 468 g/mol. The number of halogens is 2. The number of rotatable bonds is 8. The molecule has 0 spiro atoms. The van der Waals surface area contributed by atoms with E-state index in [-0.39, 0.29) is 23.6 Å². The fourth-order valence-electron chi connectivity index (χ4n) is 3.28. The van der Waals surface area contributed by atoms with Crippen LogP contribution in [0.3, 0.4) is 0 Å². The summed E-state index contributed by atoms with van der Waals surface area (Å²) in [6, 6.07) is 4.46. The number of anilines is 1. The van der Waals surface area contributed by atoms with E-state index in [0.717, 1.165) is 12.8 Å². The van der Waals surface area contributed by atoms with Crippen molar-refractivity contribution in [1.82, 2.24) is 20.3 Å². The zero-order chi connectivity index (χ0) is 22.6.